The van der Waals surface area contributed by atoms with Gasteiger partial charge in [0.25, 0.3) is 5.56 Å². The molecule has 1 aromatic carbocycles. The van der Waals surface area contributed by atoms with Gasteiger partial charge in [0.2, 0.25) is 0 Å². The van der Waals surface area contributed by atoms with Gasteiger partial charge in [-0.05, 0) is 60.9 Å². The van der Waals surface area contributed by atoms with Crippen molar-refractivity contribution in [3.63, 3.8) is 0 Å². The Morgan fingerprint density at radius 3 is 2.38 bits per heavy atom. The van der Waals surface area contributed by atoms with Crippen molar-refractivity contribution in [2.45, 2.75) is 46.1 Å². The molecule has 0 saturated heterocycles. The number of H-pyrrole nitrogens is 1. The summed E-state index contributed by atoms with van der Waals surface area (Å²) in [5.74, 6) is 0. The van der Waals surface area contributed by atoms with Gasteiger partial charge in [-0.3, -0.25) is 9.59 Å². The van der Waals surface area contributed by atoms with Crippen molar-refractivity contribution in [1.82, 2.24) is 4.98 Å². The highest BCUT2D eigenvalue weighted by Crippen LogP contribution is 2.34. The topological polar surface area (TPSA) is 76.0 Å². The van der Waals surface area contributed by atoms with Gasteiger partial charge in [0.1, 0.15) is 0 Å². The van der Waals surface area contributed by atoms with Crippen molar-refractivity contribution < 1.29 is 4.79 Å². The molecule has 0 radical (unpaired) electrons. The zero-order chi connectivity index (χ0) is 15.8. The lowest BCUT2D eigenvalue weighted by Crippen LogP contribution is -2.37. The van der Waals surface area contributed by atoms with Gasteiger partial charge in [-0.2, -0.15) is 0 Å². The summed E-state index contributed by atoms with van der Waals surface area (Å²) < 4.78 is 0. The van der Waals surface area contributed by atoms with Crippen LogP contribution in [0.25, 0.3) is 10.9 Å². The molecule has 21 heavy (non-hydrogen) atoms. The fourth-order valence-electron chi connectivity index (χ4n) is 3.17. The zero-order valence-electron chi connectivity index (χ0n) is 13.0. The van der Waals surface area contributed by atoms with Gasteiger partial charge >= 0.3 is 0 Å². The van der Waals surface area contributed by atoms with Gasteiger partial charge in [0.05, 0.1) is 11.1 Å². The number of pyridine rings is 1. The predicted molar refractivity (Wildman–Crippen MR) is 85.9 cm³/mol. The van der Waals surface area contributed by atoms with Crippen LogP contribution in [-0.4, -0.2) is 11.3 Å². The number of fused-ring (bicyclic) bond motifs is 1. The minimum absolute atomic E-state index is 0.152. The Bertz CT molecular complexity index is 755. The SMILES string of the molecule is CCC(N)(CC)c1c(C)cc2cc(C=O)c(=O)[nH]c2c1C. The van der Waals surface area contributed by atoms with E-state index in [0.29, 0.717) is 6.29 Å². The van der Waals surface area contributed by atoms with Crippen LogP contribution in [0.3, 0.4) is 0 Å². The van der Waals surface area contributed by atoms with Crippen LogP contribution in [0.4, 0.5) is 0 Å². The van der Waals surface area contributed by atoms with Crippen molar-refractivity contribution in [2.24, 2.45) is 5.73 Å². The molecule has 0 fully saturated rings. The first-order chi connectivity index (χ1) is 9.87. The normalized spacial score (nSPS) is 11.9. The second-order valence-corrected chi connectivity index (χ2v) is 5.69. The Kier molecular flexibility index (Phi) is 4.01. The second-order valence-electron chi connectivity index (χ2n) is 5.69. The van der Waals surface area contributed by atoms with E-state index in [1.165, 1.54) is 0 Å². The lowest BCUT2D eigenvalue weighted by atomic mass is 9.80. The van der Waals surface area contributed by atoms with Crippen LogP contribution in [0.5, 0.6) is 0 Å². The van der Waals surface area contributed by atoms with Crippen molar-refractivity contribution in [3.8, 4) is 0 Å². The molecule has 0 aliphatic carbocycles. The summed E-state index contributed by atoms with van der Waals surface area (Å²) in [6, 6.07) is 3.63. The number of carbonyl (C=O) groups excluding carboxylic acids is 1. The number of aromatic nitrogens is 1. The average Bonchev–Trinajstić information content (AvgIpc) is 2.47. The van der Waals surface area contributed by atoms with Crippen LogP contribution in [0.15, 0.2) is 16.9 Å². The fourth-order valence-corrected chi connectivity index (χ4v) is 3.17. The highest BCUT2D eigenvalue weighted by Gasteiger charge is 2.27. The summed E-state index contributed by atoms with van der Waals surface area (Å²) in [6.45, 7) is 8.16. The molecular formula is C17H22N2O2. The Labute approximate surface area is 124 Å². The van der Waals surface area contributed by atoms with Crippen LogP contribution < -0.4 is 11.3 Å². The van der Waals surface area contributed by atoms with Gasteiger partial charge in [0, 0.05) is 5.54 Å². The van der Waals surface area contributed by atoms with Crippen LogP contribution in [-0.2, 0) is 5.54 Å². The average molecular weight is 286 g/mol. The number of aryl methyl sites for hydroxylation is 2. The number of aromatic amines is 1. The van der Waals surface area contributed by atoms with Crippen molar-refractivity contribution in [1.29, 1.82) is 0 Å². The van der Waals surface area contributed by atoms with E-state index < -0.39 is 5.54 Å². The number of nitrogens with two attached hydrogens (primary N) is 1. The molecule has 3 N–H and O–H groups in total. The van der Waals surface area contributed by atoms with E-state index in [0.717, 1.165) is 40.4 Å². The van der Waals surface area contributed by atoms with Gasteiger partial charge in [0.15, 0.2) is 6.29 Å². The molecule has 0 bridgehead atoms. The molecule has 2 rings (SSSR count). The number of hydrogen-bond donors (Lipinski definition) is 2. The van der Waals surface area contributed by atoms with E-state index in [4.69, 9.17) is 5.73 Å². The van der Waals surface area contributed by atoms with E-state index in [1.807, 2.05) is 19.9 Å². The fraction of sp³-hybridized carbons (Fsp3) is 0.412. The van der Waals surface area contributed by atoms with E-state index in [2.05, 4.69) is 18.8 Å². The summed E-state index contributed by atoms with van der Waals surface area (Å²) in [5, 5.41) is 0.866. The first-order valence-electron chi connectivity index (χ1n) is 7.29. The second kappa shape index (κ2) is 5.45. The Morgan fingerprint density at radius 1 is 1.24 bits per heavy atom. The van der Waals surface area contributed by atoms with E-state index in [1.54, 1.807) is 6.07 Å². The molecule has 4 heteroatoms. The molecule has 0 aliphatic rings. The van der Waals surface area contributed by atoms with Crippen molar-refractivity contribution in [2.75, 3.05) is 0 Å². The number of hydrogen-bond acceptors (Lipinski definition) is 3. The Hall–Kier alpha value is -1.94. The van der Waals surface area contributed by atoms with Gasteiger partial charge < -0.3 is 10.7 Å². The van der Waals surface area contributed by atoms with Crippen molar-refractivity contribution in [3.05, 3.63) is 44.7 Å². The molecule has 2 aromatic rings. The smallest absolute Gasteiger partial charge is 0.259 e. The first-order valence-corrected chi connectivity index (χ1v) is 7.29. The van der Waals surface area contributed by atoms with Crippen LogP contribution in [0, 0.1) is 13.8 Å². The monoisotopic (exact) mass is 286 g/mol. The molecule has 0 spiro atoms. The Morgan fingerprint density at radius 2 is 1.86 bits per heavy atom. The zero-order valence-corrected chi connectivity index (χ0v) is 13.0. The summed E-state index contributed by atoms with van der Waals surface area (Å²) in [6.07, 6.45) is 2.24. The first kappa shape index (κ1) is 15.4. The predicted octanol–water partition coefficient (Wildman–Crippen LogP) is 2.93. The number of nitrogens with one attached hydrogen (secondary N) is 1. The van der Waals surface area contributed by atoms with Gasteiger partial charge in [-0.1, -0.05) is 13.8 Å². The lowest BCUT2D eigenvalue weighted by Gasteiger charge is -2.31. The minimum atomic E-state index is -0.400. The Balaban J connectivity index is 2.88. The van der Waals surface area contributed by atoms with Crippen molar-refractivity contribution >= 4 is 17.2 Å². The molecule has 0 saturated carbocycles. The number of carbonyl (C=O) groups is 1. The molecule has 1 heterocycles. The van der Waals surface area contributed by atoms with Gasteiger partial charge in [-0.25, -0.2) is 0 Å². The molecule has 0 amide bonds. The number of aldehydes is 1. The van der Waals surface area contributed by atoms with Crippen LogP contribution in [0.2, 0.25) is 0 Å². The third-order valence-electron chi connectivity index (χ3n) is 4.50. The molecular weight excluding hydrogens is 264 g/mol. The lowest BCUT2D eigenvalue weighted by molar-refractivity contribution is 0.112. The summed E-state index contributed by atoms with van der Waals surface area (Å²) in [7, 11) is 0. The molecule has 112 valence electrons. The van der Waals surface area contributed by atoms with Crippen LogP contribution >= 0.6 is 0 Å². The highest BCUT2D eigenvalue weighted by atomic mass is 16.1. The van der Waals surface area contributed by atoms with E-state index in [9.17, 15) is 9.59 Å². The van der Waals surface area contributed by atoms with E-state index in [-0.39, 0.29) is 11.1 Å². The molecule has 4 nitrogen and oxygen atoms in total. The maximum atomic E-state index is 11.9. The summed E-state index contributed by atoms with van der Waals surface area (Å²) >= 11 is 0. The van der Waals surface area contributed by atoms with Crippen LogP contribution in [0.1, 0.15) is 53.7 Å². The standard InChI is InChI=1S/C17H22N2O2/c1-5-17(18,6-2)14-10(3)7-12-8-13(9-20)16(21)19-15(12)11(14)4/h7-9H,5-6,18H2,1-4H3,(H,19,21). The minimum Gasteiger partial charge on any atom is -0.321 e. The third kappa shape index (κ3) is 2.40. The molecule has 0 aliphatic heterocycles. The quantitative estimate of drug-likeness (QED) is 0.848. The summed E-state index contributed by atoms with van der Waals surface area (Å²) in [4.78, 5) is 25.6. The number of rotatable bonds is 4. The molecule has 0 unspecified atom stereocenters. The highest BCUT2D eigenvalue weighted by molar-refractivity contribution is 5.89. The molecule has 0 atom stereocenters. The molecule has 1 aromatic heterocycles. The van der Waals surface area contributed by atoms with E-state index >= 15 is 0 Å². The maximum absolute atomic E-state index is 11.9. The number of benzene rings is 1. The van der Waals surface area contributed by atoms with Gasteiger partial charge in [-0.15, -0.1) is 0 Å². The maximum Gasteiger partial charge on any atom is 0.259 e. The third-order valence-corrected chi connectivity index (χ3v) is 4.50. The largest absolute Gasteiger partial charge is 0.321 e. The summed E-state index contributed by atoms with van der Waals surface area (Å²) in [5.41, 5.74) is 9.90.